The Hall–Kier alpha value is -2.12. The maximum absolute atomic E-state index is 12.0. The molecule has 0 radical (unpaired) electrons. The monoisotopic (exact) mass is 393 g/mol. The number of fused-ring (bicyclic) bond motifs is 1. The van der Waals surface area contributed by atoms with E-state index in [2.05, 4.69) is 9.97 Å². The van der Waals surface area contributed by atoms with Crippen LogP contribution in [0.3, 0.4) is 0 Å². The number of rotatable bonds is 6. The molecule has 0 unspecified atom stereocenters. The maximum Gasteiger partial charge on any atom is 0.248 e. The average Bonchev–Trinajstić information content (AvgIpc) is 2.68. The molecule has 7 nitrogen and oxygen atoms in total. The predicted octanol–water partition coefficient (Wildman–Crippen LogP) is 3.09. The third kappa shape index (κ3) is 4.42. The molecule has 1 aromatic carbocycles. The van der Waals surface area contributed by atoms with Crippen LogP contribution in [0.25, 0.3) is 10.9 Å². The zero-order valence-corrected chi connectivity index (χ0v) is 16.5. The Labute approximate surface area is 163 Å². The number of likely N-dealkylation sites (N-methyl/N-ethyl adjacent to an activating group) is 1. The number of amides is 1. The van der Waals surface area contributed by atoms with Crippen LogP contribution in [-0.2, 0) is 9.53 Å². The van der Waals surface area contributed by atoms with Crippen molar-refractivity contribution in [3.8, 4) is 11.5 Å². The number of methoxy groups -OCH3 is 2. The summed E-state index contributed by atoms with van der Waals surface area (Å²) in [6, 6.07) is 3.85. The van der Waals surface area contributed by atoms with Gasteiger partial charge in [-0.2, -0.15) is 0 Å². The van der Waals surface area contributed by atoms with E-state index in [0.29, 0.717) is 22.2 Å². The summed E-state index contributed by atoms with van der Waals surface area (Å²) < 4.78 is 16.6. The first-order valence-corrected chi connectivity index (χ1v) is 9.30. The minimum absolute atomic E-state index is 0.00714. The molecule has 0 bridgehead atoms. The SMILES string of the molecule is COCC(=O)N(C)[C@H]1CC[C@H](Oc2cc3c(Cl)ncnc3cc2OC)CC1. The van der Waals surface area contributed by atoms with E-state index in [1.807, 2.05) is 13.1 Å². The Bertz CT molecular complexity index is 809. The van der Waals surface area contributed by atoms with Gasteiger partial charge < -0.3 is 19.1 Å². The number of benzene rings is 1. The van der Waals surface area contributed by atoms with Gasteiger partial charge in [-0.05, 0) is 31.7 Å². The fourth-order valence-corrected chi connectivity index (χ4v) is 3.64. The number of hydrogen-bond donors (Lipinski definition) is 0. The molecule has 0 aliphatic heterocycles. The number of aromatic nitrogens is 2. The fraction of sp³-hybridized carbons (Fsp3) is 0.526. The first kappa shape index (κ1) is 19.6. The van der Waals surface area contributed by atoms with Crippen molar-refractivity contribution in [2.24, 2.45) is 0 Å². The van der Waals surface area contributed by atoms with Crippen LogP contribution >= 0.6 is 11.6 Å². The highest BCUT2D eigenvalue weighted by atomic mass is 35.5. The number of carbonyl (C=O) groups is 1. The highest BCUT2D eigenvalue weighted by molar-refractivity contribution is 6.34. The zero-order chi connectivity index (χ0) is 19.4. The Balaban J connectivity index is 1.68. The van der Waals surface area contributed by atoms with Gasteiger partial charge in [0.2, 0.25) is 5.91 Å². The van der Waals surface area contributed by atoms with E-state index in [1.54, 1.807) is 18.1 Å². The topological polar surface area (TPSA) is 73.8 Å². The third-order valence-electron chi connectivity index (χ3n) is 5.02. The Morgan fingerprint density at radius 1 is 1.19 bits per heavy atom. The van der Waals surface area contributed by atoms with Crippen molar-refractivity contribution in [3.63, 3.8) is 0 Å². The van der Waals surface area contributed by atoms with E-state index in [9.17, 15) is 4.79 Å². The number of ether oxygens (including phenoxy) is 3. The molecule has 0 N–H and O–H groups in total. The van der Waals surface area contributed by atoms with E-state index >= 15 is 0 Å². The number of nitrogens with zero attached hydrogens (tertiary/aromatic N) is 3. The smallest absolute Gasteiger partial charge is 0.248 e. The van der Waals surface area contributed by atoms with Gasteiger partial charge in [0.05, 0.1) is 18.7 Å². The molecule has 2 aromatic rings. The summed E-state index contributed by atoms with van der Waals surface area (Å²) in [6.07, 6.45) is 4.97. The van der Waals surface area contributed by atoms with E-state index in [0.717, 1.165) is 31.1 Å². The molecule has 1 fully saturated rings. The molecule has 0 atom stereocenters. The molecule has 3 rings (SSSR count). The van der Waals surface area contributed by atoms with Crippen LogP contribution in [0.4, 0.5) is 0 Å². The van der Waals surface area contributed by atoms with Crippen molar-refractivity contribution in [2.75, 3.05) is 27.9 Å². The van der Waals surface area contributed by atoms with E-state index in [1.165, 1.54) is 13.4 Å². The molecule has 1 aliphatic carbocycles. The molecule has 0 spiro atoms. The quantitative estimate of drug-likeness (QED) is 0.702. The molecule has 1 amide bonds. The predicted molar refractivity (Wildman–Crippen MR) is 102 cm³/mol. The normalized spacial score (nSPS) is 19.7. The Morgan fingerprint density at radius 3 is 2.59 bits per heavy atom. The minimum Gasteiger partial charge on any atom is -0.493 e. The lowest BCUT2D eigenvalue weighted by atomic mass is 9.92. The first-order valence-electron chi connectivity index (χ1n) is 8.93. The summed E-state index contributed by atoms with van der Waals surface area (Å²) in [4.78, 5) is 22.0. The van der Waals surface area contributed by atoms with E-state index in [4.69, 9.17) is 25.8 Å². The van der Waals surface area contributed by atoms with Gasteiger partial charge in [-0.15, -0.1) is 0 Å². The zero-order valence-electron chi connectivity index (χ0n) is 15.8. The van der Waals surface area contributed by atoms with Crippen LogP contribution in [0.2, 0.25) is 5.15 Å². The minimum atomic E-state index is 0.00714. The molecule has 1 aromatic heterocycles. The lowest BCUT2D eigenvalue weighted by Crippen LogP contribution is -2.42. The average molecular weight is 394 g/mol. The Kier molecular flexibility index (Phi) is 6.34. The summed E-state index contributed by atoms with van der Waals surface area (Å²) >= 11 is 6.18. The highest BCUT2D eigenvalue weighted by Crippen LogP contribution is 2.36. The maximum atomic E-state index is 12.0. The van der Waals surface area contributed by atoms with Gasteiger partial charge in [-0.1, -0.05) is 11.6 Å². The molecule has 0 saturated heterocycles. The van der Waals surface area contributed by atoms with Gasteiger partial charge in [-0.25, -0.2) is 9.97 Å². The van der Waals surface area contributed by atoms with E-state index in [-0.39, 0.29) is 24.7 Å². The lowest BCUT2D eigenvalue weighted by Gasteiger charge is -2.34. The molecule has 8 heteroatoms. The second kappa shape index (κ2) is 8.71. The molecule has 1 aliphatic rings. The lowest BCUT2D eigenvalue weighted by molar-refractivity contribution is -0.136. The van der Waals surface area contributed by atoms with Gasteiger partial charge in [0.1, 0.15) is 18.1 Å². The van der Waals surface area contributed by atoms with Crippen molar-refractivity contribution >= 4 is 28.4 Å². The summed E-state index contributed by atoms with van der Waals surface area (Å²) in [5, 5.41) is 1.11. The first-order chi connectivity index (χ1) is 13.0. The standard InChI is InChI=1S/C19H24ClN3O4/c1-23(18(24)10-25-2)12-4-6-13(7-5-12)27-17-8-14-15(9-16(17)26-3)21-11-22-19(14)20/h8-9,11-13H,4-7,10H2,1-3H3/t12-,13-. The fourth-order valence-electron chi connectivity index (χ4n) is 3.44. The second-order valence-electron chi connectivity index (χ2n) is 6.67. The van der Waals surface area contributed by atoms with Gasteiger partial charge >= 0.3 is 0 Å². The van der Waals surface area contributed by atoms with Gasteiger partial charge in [0.25, 0.3) is 0 Å². The number of carbonyl (C=O) groups excluding carboxylic acids is 1. The van der Waals surface area contributed by atoms with Crippen molar-refractivity contribution < 1.29 is 19.0 Å². The largest absolute Gasteiger partial charge is 0.493 e. The summed E-state index contributed by atoms with van der Waals surface area (Å²) in [5.41, 5.74) is 0.709. The Morgan fingerprint density at radius 2 is 1.93 bits per heavy atom. The summed E-state index contributed by atoms with van der Waals surface area (Å²) in [7, 11) is 4.97. The highest BCUT2D eigenvalue weighted by Gasteiger charge is 2.28. The molecule has 1 heterocycles. The van der Waals surface area contributed by atoms with Crippen LogP contribution in [0, 0.1) is 0 Å². The van der Waals surface area contributed by atoms with Crippen LogP contribution in [0.1, 0.15) is 25.7 Å². The van der Waals surface area contributed by atoms with Crippen molar-refractivity contribution in [2.45, 2.75) is 37.8 Å². The number of hydrogen-bond acceptors (Lipinski definition) is 6. The second-order valence-corrected chi connectivity index (χ2v) is 7.03. The summed E-state index contributed by atoms with van der Waals surface area (Å²) in [5.74, 6) is 1.26. The van der Waals surface area contributed by atoms with Gasteiger partial charge in [0.15, 0.2) is 11.5 Å². The summed E-state index contributed by atoms with van der Waals surface area (Å²) in [6.45, 7) is 0.115. The van der Waals surface area contributed by atoms with Crippen molar-refractivity contribution in [1.29, 1.82) is 0 Å². The molecule has 27 heavy (non-hydrogen) atoms. The van der Waals surface area contributed by atoms with Crippen LogP contribution in [0.15, 0.2) is 18.5 Å². The van der Waals surface area contributed by atoms with Gasteiger partial charge in [-0.3, -0.25) is 4.79 Å². The van der Waals surface area contributed by atoms with Crippen LogP contribution in [0.5, 0.6) is 11.5 Å². The van der Waals surface area contributed by atoms with Gasteiger partial charge in [0, 0.05) is 31.7 Å². The molecule has 146 valence electrons. The molecule has 1 saturated carbocycles. The van der Waals surface area contributed by atoms with Crippen LogP contribution in [-0.4, -0.2) is 60.8 Å². The molecular formula is C19H24ClN3O4. The molecular weight excluding hydrogens is 370 g/mol. The third-order valence-corrected chi connectivity index (χ3v) is 5.32. The number of halogens is 1. The van der Waals surface area contributed by atoms with Crippen molar-refractivity contribution in [3.05, 3.63) is 23.6 Å². The van der Waals surface area contributed by atoms with E-state index < -0.39 is 0 Å². The van der Waals surface area contributed by atoms with Crippen LogP contribution < -0.4 is 9.47 Å². The van der Waals surface area contributed by atoms with Crippen molar-refractivity contribution in [1.82, 2.24) is 14.9 Å².